The molecule has 3 rings (SSSR count). The summed E-state index contributed by atoms with van der Waals surface area (Å²) in [5.74, 6) is 0.399. The van der Waals surface area contributed by atoms with Crippen molar-refractivity contribution >= 4 is 29.6 Å². The lowest BCUT2D eigenvalue weighted by molar-refractivity contribution is -0.121. The van der Waals surface area contributed by atoms with Gasteiger partial charge in [0.25, 0.3) is 5.91 Å². The Bertz CT molecular complexity index is 1010. The van der Waals surface area contributed by atoms with E-state index in [0.29, 0.717) is 23.6 Å². The lowest BCUT2D eigenvalue weighted by atomic mass is 10.1. The van der Waals surface area contributed by atoms with Crippen LogP contribution in [0.1, 0.15) is 16.7 Å². The number of anilines is 1. The average Bonchev–Trinajstić information content (AvgIpc) is 3.01. The third-order valence-electron chi connectivity index (χ3n) is 4.64. The van der Waals surface area contributed by atoms with Gasteiger partial charge in [-0.25, -0.2) is 4.99 Å². The molecule has 1 aliphatic heterocycles. The van der Waals surface area contributed by atoms with Gasteiger partial charge in [0.2, 0.25) is 0 Å². The van der Waals surface area contributed by atoms with E-state index < -0.39 is 0 Å². The van der Waals surface area contributed by atoms with E-state index in [2.05, 4.69) is 11.1 Å². The summed E-state index contributed by atoms with van der Waals surface area (Å²) in [6.45, 7) is 0.652. The van der Waals surface area contributed by atoms with Gasteiger partial charge < -0.3 is 10.0 Å². The predicted octanol–water partition coefficient (Wildman–Crippen LogP) is 2.91. The molecule has 1 amide bonds. The van der Waals surface area contributed by atoms with Crippen molar-refractivity contribution in [2.24, 2.45) is 4.99 Å². The van der Waals surface area contributed by atoms with Crippen molar-refractivity contribution in [3.05, 3.63) is 77.0 Å². The molecule has 0 radical (unpaired) electrons. The lowest BCUT2D eigenvalue weighted by Crippen LogP contribution is -2.26. The molecule has 0 saturated carbocycles. The summed E-state index contributed by atoms with van der Waals surface area (Å²) in [6, 6.07) is 17.0. The molecule has 0 bridgehead atoms. The summed E-state index contributed by atoms with van der Waals surface area (Å²) in [4.78, 5) is 20.4. The number of aliphatic imine (C=N–C) groups is 1. The number of amides is 1. The van der Waals surface area contributed by atoms with Crippen LogP contribution in [0.25, 0.3) is 12.2 Å². The highest BCUT2D eigenvalue weighted by atomic mass is 16.3. The van der Waals surface area contributed by atoms with Crippen LogP contribution >= 0.6 is 0 Å². The Morgan fingerprint density at radius 2 is 1.76 bits per heavy atom. The molecule has 0 atom stereocenters. The van der Waals surface area contributed by atoms with Crippen LogP contribution in [0.15, 0.2) is 65.3 Å². The standard InChI is InChI=1S/C23H22N4O2/c1-26(13-14-28)20-10-7-18(8-11-20)15-21-23(29)27(2)22(25-21)12-9-17-3-5-19(16-24)6-4-17/h3-12,15,28H,13-14H2,1-2H3/b12-9+,21-15-. The zero-order valence-electron chi connectivity index (χ0n) is 16.4. The van der Waals surface area contributed by atoms with Crippen molar-refractivity contribution in [2.45, 2.75) is 0 Å². The van der Waals surface area contributed by atoms with Crippen molar-refractivity contribution in [1.82, 2.24) is 4.90 Å². The zero-order chi connectivity index (χ0) is 20.8. The first kappa shape index (κ1) is 20.1. The molecular formula is C23H22N4O2. The Labute approximate surface area is 170 Å². The summed E-state index contributed by atoms with van der Waals surface area (Å²) in [5.41, 5.74) is 3.78. The van der Waals surface area contributed by atoms with Crippen LogP contribution in [-0.4, -0.2) is 49.0 Å². The molecule has 0 spiro atoms. The Morgan fingerprint density at radius 3 is 2.38 bits per heavy atom. The number of benzene rings is 2. The first-order valence-corrected chi connectivity index (χ1v) is 9.20. The topological polar surface area (TPSA) is 79.9 Å². The van der Waals surface area contributed by atoms with Crippen LogP contribution in [0, 0.1) is 11.3 Å². The first-order valence-electron chi connectivity index (χ1n) is 9.20. The molecule has 1 aliphatic rings. The summed E-state index contributed by atoms with van der Waals surface area (Å²) >= 11 is 0. The van der Waals surface area contributed by atoms with Crippen LogP contribution in [0.4, 0.5) is 5.69 Å². The van der Waals surface area contributed by atoms with Gasteiger partial charge in [-0.1, -0.05) is 30.3 Å². The largest absolute Gasteiger partial charge is 0.395 e. The number of rotatable bonds is 6. The summed E-state index contributed by atoms with van der Waals surface area (Å²) in [7, 11) is 3.61. The van der Waals surface area contributed by atoms with Crippen molar-refractivity contribution in [1.29, 1.82) is 5.26 Å². The maximum Gasteiger partial charge on any atom is 0.277 e. The average molecular weight is 386 g/mol. The van der Waals surface area contributed by atoms with Gasteiger partial charge in [-0.2, -0.15) is 5.26 Å². The van der Waals surface area contributed by atoms with E-state index in [9.17, 15) is 4.79 Å². The van der Waals surface area contributed by atoms with Crippen molar-refractivity contribution in [2.75, 3.05) is 32.1 Å². The van der Waals surface area contributed by atoms with Crippen molar-refractivity contribution in [3.8, 4) is 6.07 Å². The van der Waals surface area contributed by atoms with Gasteiger partial charge in [0, 0.05) is 26.3 Å². The highest BCUT2D eigenvalue weighted by molar-refractivity contribution is 6.18. The molecule has 0 aliphatic carbocycles. The number of amidine groups is 1. The number of hydrogen-bond acceptors (Lipinski definition) is 5. The Morgan fingerprint density at radius 1 is 1.10 bits per heavy atom. The fourth-order valence-corrected chi connectivity index (χ4v) is 2.87. The molecule has 0 saturated heterocycles. The van der Waals surface area contributed by atoms with E-state index in [0.717, 1.165) is 16.8 Å². The number of carbonyl (C=O) groups is 1. The quantitative estimate of drug-likeness (QED) is 0.774. The number of likely N-dealkylation sites (N-methyl/N-ethyl adjacent to an activating group) is 2. The first-order chi connectivity index (χ1) is 14.0. The Kier molecular flexibility index (Phi) is 6.22. The lowest BCUT2D eigenvalue weighted by Gasteiger charge is -2.17. The van der Waals surface area contributed by atoms with Gasteiger partial charge in [0.1, 0.15) is 11.5 Å². The van der Waals surface area contributed by atoms with Crippen LogP contribution in [0.2, 0.25) is 0 Å². The predicted molar refractivity (Wildman–Crippen MR) is 115 cm³/mol. The minimum atomic E-state index is -0.161. The zero-order valence-corrected chi connectivity index (χ0v) is 16.4. The van der Waals surface area contributed by atoms with Crippen molar-refractivity contribution in [3.63, 3.8) is 0 Å². The highest BCUT2D eigenvalue weighted by Gasteiger charge is 2.25. The third-order valence-corrected chi connectivity index (χ3v) is 4.64. The normalized spacial score (nSPS) is 15.1. The van der Waals surface area contributed by atoms with E-state index in [4.69, 9.17) is 10.4 Å². The number of hydrogen-bond donors (Lipinski definition) is 1. The van der Waals surface area contributed by atoms with E-state index >= 15 is 0 Å². The van der Waals surface area contributed by atoms with Crippen molar-refractivity contribution < 1.29 is 9.90 Å². The fraction of sp³-hybridized carbons (Fsp3) is 0.174. The molecule has 0 fully saturated rings. The fourth-order valence-electron chi connectivity index (χ4n) is 2.87. The van der Waals surface area contributed by atoms with E-state index in [1.54, 1.807) is 31.3 Å². The van der Waals surface area contributed by atoms with E-state index in [1.807, 2.05) is 54.4 Å². The minimum absolute atomic E-state index is 0.0939. The summed E-state index contributed by atoms with van der Waals surface area (Å²) in [5, 5.41) is 17.9. The summed E-state index contributed by atoms with van der Waals surface area (Å²) < 4.78 is 0. The second-order valence-corrected chi connectivity index (χ2v) is 6.67. The maximum absolute atomic E-state index is 12.5. The molecule has 146 valence electrons. The van der Waals surface area contributed by atoms with Crippen LogP contribution in [0.3, 0.4) is 0 Å². The van der Waals surface area contributed by atoms with Crippen LogP contribution in [0.5, 0.6) is 0 Å². The van der Waals surface area contributed by atoms with Gasteiger partial charge >= 0.3 is 0 Å². The Hall–Kier alpha value is -3.69. The number of aliphatic hydroxyl groups excluding tert-OH is 1. The SMILES string of the molecule is CN1C(=O)/C(=C/c2ccc(N(C)CCO)cc2)N=C1/C=C/c1ccc(C#N)cc1. The molecule has 2 aromatic rings. The molecule has 2 aromatic carbocycles. The minimum Gasteiger partial charge on any atom is -0.395 e. The maximum atomic E-state index is 12.5. The van der Waals surface area contributed by atoms with E-state index in [1.165, 1.54) is 4.90 Å². The van der Waals surface area contributed by atoms with E-state index in [-0.39, 0.29) is 12.5 Å². The second kappa shape index (κ2) is 9.00. The molecule has 0 aromatic heterocycles. The van der Waals surface area contributed by atoms with Gasteiger partial charge in [-0.05, 0) is 47.5 Å². The Balaban J connectivity index is 1.77. The molecule has 29 heavy (non-hydrogen) atoms. The second-order valence-electron chi connectivity index (χ2n) is 6.67. The number of nitriles is 1. The van der Waals surface area contributed by atoms with Gasteiger partial charge in [-0.3, -0.25) is 9.69 Å². The monoisotopic (exact) mass is 386 g/mol. The molecule has 1 N–H and O–H groups in total. The number of nitrogens with zero attached hydrogens (tertiary/aromatic N) is 4. The third kappa shape index (κ3) is 4.78. The molecule has 6 heteroatoms. The molecule has 6 nitrogen and oxygen atoms in total. The summed E-state index contributed by atoms with van der Waals surface area (Å²) in [6.07, 6.45) is 5.41. The molecular weight excluding hydrogens is 364 g/mol. The van der Waals surface area contributed by atoms with Gasteiger partial charge in [0.15, 0.2) is 0 Å². The molecule has 0 unspecified atom stereocenters. The van der Waals surface area contributed by atoms with Crippen LogP contribution in [-0.2, 0) is 4.79 Å². The highest BCUT2D eigenvalue weighted by Crippen LogP contribution is 2.20. The van der Waals surface area contributed by atoms with Gasteiger partial charge in [-0.15, -0.1) is 0 Å². The van der Waals surface area contributed by atoms with Crippen LogP contribution < -0.4 is 4.90 Å². The van der Waals surface area contributed by atoms with Gasteiger partial charge in [0.05, 0.1) is 18.2 Å². The number of carbonyl (C=O) groups excluding carboxylic acids is 1. The number of aliphatic hydroxyl groups is 1. The molecule has 1 heterocycles. The smallest absolute Gasteiger partial charge is 0.277 e.